The highest BCUT2D eigenvalue weighted by atomic mass is 32.1. The Morgan fingerprint density at radius 3 is 2.18 bits per heavy atom. The van der Waals surface area contributed by atoms with Gasteiger partial charge in [0, 0.05) is 23.9 Å². The Balaban J connectivity index is 1.46. The second-order valence-corrected chi connectivity index (χ2v) is 15.0. The molecular weight excluding hydrogens is 669 g/mol. The number of amides is 4. The summed E-state index contributed by atoms with van der Waals surface area (Å²) in [6.45, 7) is 10.2. The summed E-state index contributed by atoms with van der Waals surface area (Å²) in [5.74, 6) is -0.225. The Kier molecular flexibility index (Phi) is 14.1. The maximum absolute atomic E-state index is 13.9. The fourth-order valence-electron chi connectivity index (χ4n) is 5.45. The van der Waals surface area contributed by atoms with Gasteiger partial charge >= 0.3 is 12.1 Å². The van der Waals surface area contributed by atoms with Gasteiger partial charge in [0.2, 0.25) is 5.91 Å². The number of nitrogens with zero attached hydrogens (tertiary/aromatic N) is 3. The van der Waals surface area contributed by atoms with E-state index in [0.717, 1.165) is 21.8 Å². The first-order chi connectivity index (χ1) is 24.3. The molecule has 51 heavy (non-hydrogen) atoms. The zero-order chi connectivity index (χ0) is 37.0. The molecule has 0 spiro atoms. The van der Waals surface area contributed by atoms with E-state index in [-0.39, 0.29) is 30.3 Å². The number of nitrogens with one attached hydrogen (secondary N) is 3. The Morgan fingerprint density at radius 1 is 0.961 bits per heavy atom. The van der Waals surface area contributed by atoms with E-state index in [0.29, 0.717) is 25.1 Å². The molecule has 12 nitrogen and oxygen atoms in total. The molecule has 0 radical (unpaired) electrons. The summed E-state index contributed by atoms with van der Waals surface area (Å²) in [6, 6.07) is 16.6. The normalized spacial score (nSPS) is 13.9. The summed E-state index contributed by atoms with van der Waals surface area (Å²) in [6.07, 6.45) is 1.74. The lowest BCUT2D eigenvalue weighted by Crippen LogP contribution is -2.55. The molecule has 0 bridgehead atoms. The fraction of sp³-hybridized carbons (Fsp3) is 0.447. The van der Waals surface area contributed by atoms with Gasteiger partial charge in [-0.2, -0.15) is 0 Å². The second-order valence-electron chi connectivity index (χ2n) is 14.1. The molecule has 4 N–H and O–H groups in total. The van der Waals surface area contributed by atoms with Crippen LogP contribution in [0.1, 0.15) is 68.6 Å². The van der Waals surface area contributed by atoms with Gasteiger partial charge in [-0.15, -0.1) is 11.3 Å². The van der Waals surface area contributed by atoms with Crippen LogP contribution in [0.25, 0.3) is 0 Å². The highest BCUT2D eigenvalue weighted by Crippen LogP contribution is 2.26. The van der Waals surface area contributed by atoms with Crippen molar-refractivity contribution >= 4 is 29.4 Å². The van der Waals surface area contributed by atoms with Crippen LogP contribution in [0.2, 0.25) is 0 Å². The third-order valence-corrected chi connectivity index (χ3v) is 9.58. The highest BCUT2D eigenvalue weighted by molar-refractivity contribution is 7.09. The smallest absolute Gasteiger partial charge is 0.407 e. The molecule has 4 atom stereocenters. The topological polar surface area (TPSA) is 159 Å². The number of rotatable bonds is 16. The van der Waals surface area contributed by atoms with Crippen LogP contribution in [0.3, 0.4) is 0 Å². The first kappa shape index (κ1) is 39.0. The number of urea groups is 1. The Hall–Kier alpha value is -4.75. The van der Waals surface area contributed by atoms with Gasteiger partial charge in [-0.1, -0.05) is 95.3 Å². The number of oxazole rings is 1. The molecule has 0 unspecified atom stereocenters. The average Bonchev–Trinajstić information content (AvgIpc) is 3.79. The average molecular weight is 719 g/mol. The van der Waals surface area contributed by atoms with Crippen molar-refractivity contribution in [1.82, 2.24) is 30.8 Å². The molecule has 0 aliphatic heterocycles. The lowest BCUT2D eigenvalue weighted by Gasteiger charge is -2.30. The number of aliphatic hydroxyl groups excluding tert-OH is 1. The van der Waals surface area contributed by atoms with E-state index in [1.165, 1.54) is 17.5 Å². The zero-order valence-electron chi connectivity index (χ0n) is 30.2. The summed E-state index contributed by atoms with van der Waals surface area (Å²) in [4.78, 5) is 50.1. The van der Waals surface area contributed by atoms with E-state index < -0.39 is 36.4 Å². The minimum Gasteiger partial charge on any atom is -0.445 e. The molecular formula is C38H50N6O6S. The van der Waals surface area contributed by atoms with E-state index in [1.807, 2.05) is 79.9 Å². The van der Waals surface area contributed by atoms with Gasteiger partial charge in [0.25, 0.3) is 0 Å². The predicted octanol–water partition coefficient (Wildman–Crippen LogP) is 5.61. The van der Waals surface area contributed by atoms with Crippen molar-refractivity contribution in [1.29, 1.82) is 0 Å². The van der Waals surface area contributed by atoms with Crippen molar-refractivity contribution in [3.63, 3.8) is 0 Å². The summed E-state index contributed by atoms with van der Waals surface area (Å²) in [5, 5.41) is 23.4. The molecule has 4 aromatic rings. The minimum absolute atomic E-state index is 0.0896. The van der Waals surface area contributed by atoms with E-state index in [4.69, 9.17) is 14.1 Å². The summed E-state index contributed by atoms with van der Waals surface area (Å²) < 4.78 is 10.5. The first-order valence-electron chi connectivity index (χ1n) is 17.1. The molecule has 4 rings (SSSR count). The molecule has 2 heterocycles. The molecule has 2 aromatic heterocycles. The Labute approximate surface area is 304 Å². The van der Waals surface area contributed by atoms with Crippen molar-refractivity contribution in [3.8, 4) is 0 Å². The number of carbonyl (C=O) groups is 3. The van der Waals surface area contributed by atoms with Crippen LogP contribution in [-0.2, 0) is 40.9 Å². The quantitative estimate of drug-likeness (QED) is 0.116. The Morgan fingerprint density at radius 2 is 1.61 bits per heavy atom. The number of ether oxygens (including phenoxy) is 1. The molecule has 0 saturated heterocycles. The monoisotopic (exact) mass is 718 g/mol. The van der Waals surface area contributed by atoms with Crippen molar-refractivity contribution in [3.05, 3.63) is 106 Å². The summed E-state index contributed by atoms with van der Waals surface area (Å²) >= 11 is 1.56. The van der Waals surface area contributed by atoms with Crippen LogP contribution in [0.15, 0.2) is 83.1 Å². The summed E-state index contributed by atoms with van der Waals surface area (Å²) in [7, 11) is 1.67. The van der Waals surface area contributed by atoms with Crippen LogP contribution < -0.4 is 16.0 Å². The van der Waals surface area contributed by atoms with E-state index in [1.54, 1.807) is 18.4 Å². The highest BCUT2D eigenvalue weighted by Gasteiger charge is 2.31. The minimum atomic E-state index is -1.08. The van der Waals surface area contributed by atoms with Gasteiger partial charge in [0.15, 0.2) is 18.8 Å². The molecule has 0 saturated carbocycles. The summed E-state index contributed by atoms with van der Waals surface area (Å²) in [5.41, 5.74) is 2.55. The standard InChI is InChI=1S/C38H50N6O6S/c1-25(2)33(43-36(47)44(6)21-29-23-51-35(41-29)38(3,4)5)34(46)40-28(17-26-13-9-7-10-14-26)19-32(45)31(18-27-15-11-8-12-16-27)42-37(48)49-22-30-20-39-24-50-30/h7-16,20,23-25,28,31-33,45H,17-19,21-22H2,1-6H3,(H,40,46)(H,42,48)(H,43,47)/t28-,31-,32-,33-/m0/s1. The van der Waals surface area contributed by atoms with Crippen LogP contribution in [-0.4, -0.2) is 69.3 Å². The van der Waals surface area contributed by atoms with Gasteiger partial charge in [0.1, 0.15) is 6.04 Å². The number of hydrogen-bond donors (Lipinski definition) is 4. The predicted molar refractivity (Wildman–Crippen MR) is 196 cm³/mol. The van der Waals surface area contributed by atoms with Crippen molar-refractivity contribution in [2.75, 3.05) is 7.05 Å². The Bertz CT molecular complexity index is 1660. The van der Waals surface area contributed by atoms with Crippen LogP contribution in [0.4, 0.5) is 9.59 Å². The van der Waals surface area contributed by atoms with Gasteiger partial charge in [-0.05, 0) is 36.3 Å². The lowest BCUT2D eigenvalue weighted by molar-refractivity contribution is -0.124. The zero-order valence-corrected chi connectivity index (χ0v) is 31.0. The number of aliphatic hydroxyl groups is 1. The van der Waals surface area contributed by atoms with Crippen molar-refractivity contribution in [2.24, 2.45) is 5.92 Å². The number of carbonyl (C=O) groups excluding carboxylic acids is 3. The van der Waals surface area contributed by atoms with Gasteiger partial charge in [-0.25, -0.2) is 19.6 Å². The first-order valence-corrected chi connectivity index (χ1v) is 18.0. The van der Waals surface area contributed by atoms with Gasteiger partial charge in [-0.3, -0.25) is 4.79 Å². The third kappa shape index (κ3) is 12.5. The molecule has 0 aliphatic rings. The number of benzene rings is 2. The molecule has 274 valence electrons. The molecule has 2 aromatic carbocycles. The molecule has 13 heteroatoms. The number of thiazole rings is 1. The van der Waals surface area contributed by atoms with Gasteiger partial charge < -0.3 is 35.1 Å². The maximum Gasteiger partial charge on any atom is 0.407 e. The fourth-order valence-corrected chi connectivity index (χ4v) is 6.35. The van der Waals surface area contributed by atoms with Crippen molar-refractivity contribution < 1.29 is 28.6 Å². The van der Waals surface area contributed by atoms with Crippen LogP contribution in [0, 0.1) is 5.92 Å². The van der Waals surface area contributed by atoms with E-state index in [2.05, 4.69) is 41.7 Å². The van der Waals surface area contributed by atoms with Gasteiger partial charge in [0.05, 0.1) is 35.6 Å². The van der Waals surface area contributed by atoms with Crippen molar-refractivity contribution in [2.45, 2.75) is 96.7 Å². The molecule has 0 fully saturated rings. The maximum atomic E-state index is 13.9. The lowest BCUT2D eigenvalue weighted by atomic mass is 9.93. The SMILES string of the molecule is CC(C)[C@H](NC(=O)N(C)Cc1csc(C(C)(C)C)n1)C(=O)N[C@@H](Cc1ccccc1)C[C@H](O)[C@H](Cc1ccccc1)NC(=O)OCc1cnco1. The van der Waals surface area contributed by atoms with Crippen LogP contribution in [0.5, 0.6) is 0 Å². The number of hydrogen-bond acceptors (Lipinski definition) is 9. The third-order valence-electron chi connectivity index (χ3n) is 8.26. The largest absolute Gasteiger partial charge is 0.445 e. The number of aromatic nitrogens is 2. The molecule has 4 amide bonds. The van der Waals surface area contributed by atoms with Crippen LogP contribution >= 0.6 is 11.3 Å². The molecule has 0 aliphatic carbocycles. The van der Waals surface area contributed by atoms with E-state index >= 15 is 0 Å². The second kappa shape index (κ2) is 18.5. The number of alkyl carbamates (subject to hydrolysis) is 1. The van der Waals surface area contributed by atoms with E-state index in [9.17, 15) is 19.5 Å².